The highest BCUT2D eigenvalue weighted by Gasteiger charge is 2.07. The molecule has 146 valence electrons. The van der Waals surface area contributed by atoms with E-state index in [4.69, 9.17) is 0 Å². The monoisotopic (exact) mass is 376 g/mol. The summed E-state index contributed by atoms with van der Waals surface area (Å²) >= 11 is 0. The van der Waals surface area contributed by atoms with Crippen molar-refractivity contribution in [3.63, 3.8) is 0 Å². The average Bonchev–Trinajstić information content (AvgIpc) is 2.68. The van der Waals surface area contributed by atoms with Gasteiger partial charge in [0, 0.05) is 30.2 Å². The minimum atomic E-state index is 0.464. The number of nitrogens with zero attached hydrogens (tertiary/aromatic N) is 4. The Kier molecular flexibility index (Phi) is 6.09. The molecule has 0 saturated carbocycles. The standard InChI is InChI=1S/C22H28N6/c1-6-28(7-2)19-10-11-20(17(5)13-19)25-21-14-23-27-22(26-21)24-18-9-8-15(3)16(4)12-18/h8-14H,6-7H2,1-5H3,(H2,24,25,26,27). The maximum atomic E-state index is 4.54. The fraction of sp³-hybridized carbons (Fsp3) is 0.318. The smallest absolute Gasteiger partial charge is 0.249 e. The summed E-state index contributed by atoms with van der Waals surface area (Å²) in [5, 5.41) is 14.7. The molecule has 0 radical (unpaired) electrons. The number of nitrogens with one attached hydrogen (secondary N) is 2. The molecule has 1 heterocycles. The fourth-order valence-electron chi connectivity index (χ4n) is 3.08. The zero-order chi connectivity index (χ0) is 20.1. The van der Waals surface area contributed by atoms with Gasteiger partial charge in [-0.25, -0.2) is 0 Å². The molecule has 6 heteroatoms. The molecule has 0 aliphatic heterocycles. The predicted molar refractivity (Wildman–Crippen MR) is 117 cm³/mol. The highest BCUT2D eigenvalue weighted by atomic mass is 15.3. The molecule has 3 aromatic rings. The Morgan fingerprint density at radius 1 is 0.857 bits per heavy atom. The van der Waals surface area contributed by atoms with Crippen LogP contribution in [0, 0.1) is 20.8 Å². The van der Waals surface area contributed by atoms with Crippen molar-refractivity contribution in [3.05, 3.63) is 59.3 Å². The molecule has 0 bridgehead atoms. The molecule has 0 atom stereocenters. The van der Waals surface area contributed by atoms with E-state index in [1.807, 2.05) is 6.07 Å². The summed E-state index contributed by atoms with van der Waals surface area (Å²) in [5.41, 5.74) is 6.81. The van der Waals surface area contributed by atoms with E-state index in [0.717, 1.165) is 30.0 Å². The maximum absolute atomic E-state index is 4.54. The van der Waals surface area contributed by atoms with Crippen molar-refractivity contribution in [1.82, 2.24) is 15.2 Å². The lowest BCUT2D eigenvalue weighted by Gasteiger charge is -2.22. The van der Waals surface area contributed by atoms with Crippen molar-refractivity contribution in [3.8, 4) is 0 Å². The molecule has 0 unspecified atom stereocenters. The van der Waals surface area contributed by atoms with E-state index >= 15 is 0 Å². The van der Waals surface area contributed by atoms with E-state index < -0.39 is 0 Å². The lowest BCUT2D eigenvalue weighted by molar-refractivity contribution is 0.866. The van der Waals surface area contributed by atoms with Gasteiger partial charge in [-0.3, -0.25) is 0 Å². The van der Waals surface area contributed by atoms with Crippen LogP contribution >= 0.6 is 0 Å². The van der Waals surface area contributed by atoms with Crippen LogP contribution in [0.25, 0.3) is 0 Å². The number of anilines is 5. The molecule has 2 aromatic carbocycles. The molecular weight excluding hydrogens is 348 g/mol. The SMILES string of the molecule is CCN(CC)c1ccc(Nc2cnnc(Nc3ccc(C)c(C)c3)n2)c(C)c1. The Bertz CT molecular complexity index is 950. The fourth-order valence-corrected chi connectivity index (χ4v) is 3.08. The van der Waals surface area contributed by atoms with Gasteiger partial charge in [0.15, 0.2) is 5.82 Å². The first-order chi connectivity index (χ1) is 13.5. The van der Waals surface area contributed by atoms with Gasteiger partial charge in [0.25, 0.3) is 0 Å². The highest BCUT2D eigenvalue weighted by Crippen LogP contribution is 2.25. The number of aromatic nitrogens is 3. The number of hydrogen-bond donors (Lipinski definition) is 2. The first kappa shape index (κ1) is 19.6. The van der Waals surface area contributed by atoms with Crippen LogP contribution < -0.4 is 15.5 Å². The number of aryl methyl sites for hydroxylation is 3. The number of benzene rings is 2. The van der Waals surface area contributed by atoms with E-state index in [1.165, 1.54) is 16.8 Å². The van der Waals surface area contributed by atoms with Gasteiger partial charge in [-0.2, -0.15) is 10.1 Å². The van der Waals surface area contributed by atoms with E-state index in [-0.39, 0.29) is 0 Å². The summed E-state index contributed by atoms with van der Waals surface area (Å²) in [5.74, 6) is 1.12. The lowest BCUT2D eigenvalue weighted by Crippen LogP contribution is -2.21. The van der Waals surface area contributed by atoms with Crippen LogP contribution in [-0.2, 0) is 0 Å². The van der Waals surface area contributed by atoms with Gasteiger partial charge < -0.3 is 15.5 Å². The van der Waals surface area contributed by atoms with Crippen molar-refractivity contribution in [2.75, 3.05) is 28.6 Å². The lowest BCUT2D eigenvalue weighted by atomic mass is 10.1. The molecule has 2 N–H and O–H groups in total. The first-order valence-corrected chi connectivity index (χ1v) is 9.66. The van der Waals surface area contributed by atoms with Crippen LogP contribution in [-0.4, -0.2) is 28.3 Å². The Labute approximate surface area is 167 Å². The quantitative estimate of drug-likeness (QED) is 0.596. The van der Waals surface area contributed by atoms with Crippen LogP contribution in [0.5, 0.6) is 0 Å². The van der Waals surface area contributed by atoms with Gasteiger partial charge >= 0.3 is 0 Å². The van der Waals surface area contributed by atoms with E-state index in [0.29, 0.717) is 11.8 Å². The van der Waals surface area contributed by atoms with Crippen LogP contribution in [0.3, 0.4) is 0 Å². The zero-order valence-corrected chi connectivity index (χ0v) is 17.2. The Morgan fingerprint density at radius 3 is 2.32 bits per heavy atom. The maximum Gasteiger partial charge on any atom is 0.249 e. The van der Waals surface area contributed by atoms with Crippen molar-refractivity contribution in [2.45, 2.75) is 34.6 Å². The third kappa shape index (κ3) is 4.57. The Morgan fingerprint density at radius 2 is 1.64 bits per heavy atom. The molecule has 3 rings (SSSR count). The summed E-state index contributed by atoms with van der Waals surface area (Å²) in [6, 6.07) is 12.6. The summed E-state index contributed by atoms with van der Waals surface area (Å²) < 4.78 is 0. The van der Waals surface area contributed by atoms with Gasteiger partial charge in [0.05, 0.1) is 6.20 Å². The Hall–Kier alpha value is -3.15. The molecule has 0 amide bonds. The van der Waals surface area contributed by atoms with Crippen LogP contribution in [0.1, 0.15) is 30.5 Å². The zero-order valence-electron chi connectivity index (χ0n) is 17.2. The van der Waals surface area contributed by atoms with E-state index in [1.54, 1.807) is 6.20 Å². The molecule has 0 spiro atoms. The predicted octanol–water partition coefficient (Wildman–Crippen LogP) is 5.13. The molecule has 6 nitrogen and oxygen atoms in total. The Balaban J connectivity index is 1.76. The topological polar surface area (TPSA) is 66.0 Å². The molecule has 0 fully saturated rings. The van der Waals surface area contributed by atoms with E-state index in [9.17, 15) is 0 Å². The third-order valence-corrected chi connectivity index (χ3v) is 4.92. The van der Waals surface area contributed by atoms with Crippen LogP contribution in [0.15, 0.2) is 42.6 Å². The van der Waals surface area contributed by atoms with Crippen molar-refractivity contribution < 1.29 is 0 Å². The first-order valence-electron chi connectivity index (χ1n) is 9.66. The van der Waals surface area contributed by atoms with Gasteiger partial charge in [-0.1, -0.05) is 6.07 Å². The minimum absolute atomic E-state index is 0.464. The normalized spacial score (nSPS) is 10.6. The second kappa shape index (κ2) is 8.69. The third-order valence-electron chi connectivity index (χ3n) is 4.92. The largest absolute Gasteiger partial charge is 0.372 e. The number of rotatable bonds is 7. The minimum Gasteiger partial charge on any atom is -0.372 e. The summed E-state index contributed by atoms with van der Waals surface area (Å²) in [4.78, 5) is 6.87. The van der Waals surface area contributed by atoms with Crippen molar-refractivity contribution >= 4 is 28.8 Å². The van der Waals surface area contributed by atoms with Crippen LogP contribution in [0.4, 0.5) is 28.8 Å². The van der Waals surface area contributed by atoms with Gasteiger partial charge in [-0.15, -0.1) is 5.10 Å². The average molecular weight is 377 g/mol. The molecule has 0 aliphatic carbocycles. The second-order valence-corrected chi connectivity index (χ2v) is 6.89. The van der Waals surface area contributed by atoms with Crippen molar-refractivity contribution in [2.24, 2.45) is 0 Å². The molecule has 1 aromatic heterocycles. The van der Waals surface area contributed by atoms with Gasteiger partial charge in [0.1, 0.15) is 0 Å². The molecular formula is C22H28N6. The highest BCUT2D eigenvalue weighted by molar-refractivity contribution is 5.66. The van der Waals surface area contributed by atoms with Gasteiger partial charge in [-0.05, 0) is 81.6 Å². The summed E-state index contributed by atoms with van der Waals surface area (Å²) in [6.45, 7) is 12.6. The molecule has 0 aliphatic rings. The summed E-state index contributed by atoms with van der Waals surface area (Å²) in [6.07, 6.45) is 1.63. The summed E-state index contributed by atoms with van der Waals surface area (Å²) in [7, 11) is 0. The second-order valence-electron chi connectivity index (χ2n) is 6.89. The van der Waals surface area contributed by atoms with E-state index in [2.05, 4.69) is 95.7 Å². The van der Waals surface area contributed by atoms with Gasteiger partial charge in [0.2, 0.25) is 5.95 Å². The molecule has 28 heavy (non-hydrogen) atoms. The van der Waals surface area contributed by atoms with Crippen LogP contribution in [0.2, 0.25) is 0 Å². The molecule has 0 saturated heterocycles. The number of hydrogen-bond acceptors (Lipinski definition) is 6. The van der Waals surface area contributed by atoms with Crippen molar-refractivity contribution in [1.29, 1.82) is 0 Å².